The molecule has 1 unspecified atom stereocenters. The molecule has 42 valence electrons. The van der Waals surface area contributed by atoms with E-state index in [9.17, 15) is 4.39 Å². The van der Waals surface area contributed by atoms with Crippen molar-refractivity contribution in [2.24, 2.45) is 0 Å². The van der Waals surface area contributed by atoms with E-state index >= 15 is 0 Å². The highest BCUT2D eigenvalue weighted by molar-refractivity contribution is 8.13. The first kappa shape index (κ1) is 5.25. The molecular weight excluding hydrogens is 113 g/mol. The van der Waals surface area contributed by atoms with Gasteiger partial charge in [-0.05, 0) is 11.8 Å². The van der Waals surface area contributed by atoms with Gasteiger partial charge in [-0.25, -0.2) is 4.39 Å². The molecule has 0 spiro atoms. The lowest BCUT2D eigenvalue weighted by Crippen LogP contribution is -1.99. The van der Waals surface area contributed by atoms with Gasteiger partial charge in [-0.2, -0.15) is 0 Å². The number of nitrogens with one attached hydrogen (secondary N) is 1. The Morgan fingerprint density at radius 2 is 2.71 bits per heavy atom. The summed E-state index contributed by atoms with van der Waals surface area (Å²) in [4.78, 5) is 0. The molecule has 0 radical (unpaired) electrons. The summed E-state index contributed by atoms with van der Waals surface area (Å²) >= 11 is 0. The Morgan fingerprint density at radius 1 is 1.86 bits per heavy atom. The zero-order valence-corrected chi connectivity index (χ0v) is 4.80. The second-order valence-corrected chi connectivity index (χ2v) is 3.09. The van der Waals surface area contributed by atoms with E-state index in [1.165, 1.54) is 0 Å². The number of halogens is 1. The minimum atomic E-state index is -0.222. The highest BCUT2D eigenvalue weighted by atomic mass is 32.2. The lowest BCUT2D eigenvalue weighted by atomic mass is 10.5. The minimum Gasteiger partial charge on any atom is -0.267 e. The molecule has 0 aliphatic carbocycles. The fourth-order valence-corrected chi connectivity index (χ4v) is 1.60. The van der Waals surface area contributed by atoms with Gasteiger partial charge in [-0.15, -0.1) is 0 Å². The topological polar surface area (TPSA) is 12.0 Å². The SMILES string of the molecule is FCS1=CCCN1. The van der Waals surface area contributed by atoms with Crippen LogP contribution < -0.4 is 4.72 Å². The van der Waals surface area contributed by atoms with Crippen molar-refractivity contribution in [3.05, 3.63) is 0 Å². The largest absolute Gasteiger partial charge is 0.267 e. The monoisotopic (exact) mass is 121 g/mol. The van der Waals surface area contributed by atoms with Crippen LogP contribution in [0.5, 0.6) is 0 Å². The van der Waals surface area contributed by atoms with Crippen LogP contribution in [0.15, 0.2) is 0 Å². The molecule has 1 aliphatic heterocycles. The van der Waals surface area contributed by atoms with Gasteiger partial charge in [0.15, 0.2) is 0 Å². The second-order valence-electron chi connectivity index (χ2n) is 1.39. The molecule has 0 aromatic carbocycles. The number of alkyl halides is 1. The van der Waals surface area contributed by atoms with Crippen molar-refractivity contribution in [1.29, 1.82) is 0 Å². The quantitative estimate of drug-likeness (QED) is 0.508. The van der Waals surface area contributed by atoms with Crippen molar-refractivity contribution in [2.45, 2.75) is 6.42 Å². The van der Waals surface area contributed by atoms with Gasteiger partial charge in [0.1, 0.15) is 6.01 Å². The summed E-state index contributed by atoms with van der Waals surface area (Å²) in [5.41, 5.74) is 0. The first-order valence-electron chi connectivity index (χ1n) is 2.26. The van der Waals surface area contributed by atoms with Gasteiger partial charge in [0.25, 0.3) is 0 Å². The molecule has 1 heterocycles. The van der Waals surface area contributed by atoms with Crippen molar-refractivity contribution >= 4 is 16.0 Å². The van der Waals surface area contributed by atoms with Gasteiger partial charge in [0.2, 0.25) is 0 Å². The molecule has 0 aromatic rings. The third-order valence-electron chi connectivity index (χ3n) is 0.868. The van der Waals surface area contributed by atoms with Gasteiger partial charge in [-0.1, -0.05) is 10.7 Å². The predicted molar refractivity (Wildman–Crippen MR) is 32.2 cm³/mol. The highest BCUT2D eigenvalue weighted by Crippen LogP contribution is 2.10. The van der Waals surface area contributed by atoms with E-state index in [4.69, 9.17) is 0 Å². The summed E-state index contributed by atoms with van der Waals surface area (Å²) in [5.74, 6) is 0. The molecule has 0 aromatic heterocycles. The highest BCUT2D eigenvalue weighted by Gasteiger charge is 1.97. The van der Waals surface area contributed by atoms with Crippen LogP contribution in [0.4, 0.5) is 4.39 Å². The Kier molecular flexibility index (Phi) is 1.82. The number of hydrogen-bond acceptors (Lipinski definition) is 1. The molecule has 0 bridgehead atoms. The lowest BCUT2D eigenvalue weighted by Gasteiger charge is -1.92. The maximum Gasteiger partial charge on any atom is 0.142 e. The molecule has 3 heteroatoms. The Balaban J connectivity index is 2.36. The van der Waals surface area contributed by atoms with Gasteiger partial charge in [0, 0.05) is 6.54 Å². The standard InChI is InChI=1S/C4H8FNS/c5-4-7-3-1-2-6-7/h3,6H,1-2,4H2. The molecule has 1 aliphatic rings. The molecule has 7 heavy (non-hydrogen) atoms. The Labute approximate surface area is 45.0 Å². The van der Waals surface area contributed by atoms with Crippen LogP contribution in [-0.2, 0) is 0 Å². The zero-order valence-electron chi connectivity index (χ0n) is 3.98. The Morgan fingerprint density at radius 3 is 3.00 bits per heavy atom. The van der Waals surface area contributed by atoms with Gasteiger partial charge in [0.05, 0.1) is 0 Å². The van der Waals surface area contributed by atoms with E-state index in [0.29, 0.717) is 0 Å². The fraction of sp³-hybridized carbons (Fsp3) is 0.750. The summed E-state index contributed by atoms with van der Waals surface area (Å²) in [6, 6.07) is -0.222. The first-order valence-corrected chi connectivity index (χ1v) is 3.71. The maximum absolute atomic E-state index is 11.6. The number of rotatable bonds is 1. The van der Waals surface area contributed by atoms with Crippen LogP contribution in [0, 0.1) is 0 Å². The third kappa shape index (κ3) is 1.24. The van der Waals surface area contributed by atoms with Crippen LogP contribution in [0.2, 0.25) is 0 Å². The van der Waals surface area contributed by atoms with Crippen molar-refractivity contribution < 1.29 is 4.39 Å². The molecule has 1 atom stereocenters. The van der Waals surface area contributed by atoms with Crippen LogP contribution in [0.1, 0.15) is 6.42 Å². The molecule has 1 N–H and O–H groups in total. The van der Waals surface area contributed by atoms with Crippen molar-refractivity contribution in [3.63, 3.8) is 0 Å². The molecule has 0 saturated carbocycles. The molecule has 0 saturated heterocycles. The summed E-state index contributed by atoms with van der Waals surface area (Å²) in [7, 11) is -0.176. The smallest absolute Gasteiger partial charge is 0.142 e. The zero-order chi connectivity index (χ0) is 5.11. The number of hydrogen-bond donors (Lipinski definition) is 1. The normalized spacial score (nSPS) is 30.1. The van der Waals surface area contributed by atoms with Crippen molar-refractivity contribution in [2.75, 3.05) is 12.6 Å². The predicted octanol–water partition coefficient (Wildman–Crippen LogP) is 0.893. The lowest BCUT2D eigenvalue weighted by molar-refractivity contribution is 0.603. The summed E-state index contributed by atoms with van der Waals surface area (Å²) in [6.07, 6.45) is 1.03. The molecule has 0 fully saturated rings. The molecule has 1 rings (SSSR count). The van der Waals surface area contributed by atoms with E-state index in [1.807, 2.05) is 5.37 Å². The Hall–Kier alpha value is 0.110. The average Bonchev–Trinajstić information content (AvgIpc) is 2.14. The second kappa shape index (κ2) is 2.43. The van der Waals surface area contributed by atoms with E-state index in [2.05, 4.69) is 4.72 Å². The van der Waals surface area contributed by atoms with Crippen molar-refractivity contribution in [1.82, 2.24) is 4.72 Å². The van der Waals surface area contributed by atoms with Gasteiger partial charge < -0.3 is 0 Å². The van der Waals surface area contributed by atoms with E-state index in [0.717, 1.165) is 13.0 Å². The van der Waals surface area contributed by atoms with Crippen LogP contribution >= 0.6 is 10.7 Å². The van der Waals surface area contributed by atoms with Crippen LogP contribution in [0.3, 0.4) is 0 Å². The fourth-order valence-electron chi connectivity index (χ4n) is 0.533. The minimum absolute atomic E-state index is 0.176. The summed E-state index contributed by atoms with van der Waals surface area (Å²) in [6.45, 7) is 0.965. The van der Waals surface area contributed by atoms with Crippen molar-refractivity contribution in [3.8, 4) is 0 Å². The summed E-state index contributed by atoms with van der Waals surface area (Å²) < 4.78 is 14.6. The van der Waals surface area contributed by atoms with Gasteiger partial charge >= 0.3 is 0 Å². The average molecular weight is 121 g/mol. The van der Waals surface area contributed by atoms with E-state index in [-0.39, 0.29) is 16.7 Å². The van der Waals surface area contributed by atoms with Gasteiger partial charge in [-0.3, -0.25) is 4.72 Å². The molecule has 1 nitrogen and oxygen atoms in total. The Bertz CT molecular complexity index is 91.7. The maximum atomic E-state index is 11.6. The van der Waals surface area contributed by atoms with Crippen LogP contribution in [-0.4, -0.2) is 17.9 Å². The third-order valence-corrected chi connectivity index (χ3v) is 2.32. The van der Waals surface area contributed by atoms with Crippen LogP contribution in [0.25, 0.3) is 0 Å². The first-order chi connectivity index (χ1) is 3.43. The van der Waals surface area contributed by atoms with E-state index < -0.39 is 0 Å². The summed E-state index contributed by atoms with van der Waals surface area (Å²) in [5, 5.41) is 2.00. The molecular formula is C4H8FNS. The molecule has 0 amide bonds. The van der Waals surface area contributed by atoms with E-state index in [1.54, 1.807) is 0 Å².